The molecule has 1 aliphatic heterocycles. The van der Waals surface area contributed by atoms with Crippen LogP contribution in [0.4, 0.5) is 10.2 Å². The van der Waals surface area contributed by atoms with Crippen LogP contribution in [0.15, 0.2) is 29.0 Å². The molecular formula is C23H36ClFN3O10P. The molecule has 1 fully saturated rings. The summed E-state index contributed by atoms with van der Waals surface area (Å²) in [6.07, 6.45) is -4.92. The van der Waals surface area contributed by atoms with E-state index in [-0.39, 0.29) is 5.82 Å². The van der Waals surface area contributed by atoms with Crippen molar-refractivity contribution in [3.05, 3.63) is 34.6 Å². The highest BCUT2D eigenvalue weighted by molar-refractivity contribution is 7.57. The maximum atomic E-state index is 15.1. The number of nitrogens with two attached hydrogens (primary N) is 1. The van der Waals surface area contributed by atoms with Crippen LogP contribution in [0.2, 0.25) is 0 Å². The molecule has 2 unspecified atom stereocenters. The van der Waals surface area contributed by atoms with Crippen LogP contribution >= 0.6 is 19.2 Å². The molecule has 2 heterocycles. The molecule has 0 bridgehead atoms. The fourth-order valence-corrected chi connectivity index (χ4v) is 4.44. The second-order valence-electron chi connectivity index (χ2n) is 10.9. The lowest BCUT2D eigenvalue weighted by Gasteiger charge is -2.27. The molecule has 6 atom stereocenters. The van der Waals surface area contributed by atoms with Gasteiger partial charge in [-0.3, -0.25) is 23.0 Å². The molecule has 0 aromatic carbocycles. The molecular weight excluding hydrogens is 564 g/mol. The second kappa shape index (κ2) is 12.7. The first-order valence-corrected chi connectivity index (χ1v) is 14.0. The van der Waals surface area contributed by atoms with E-state index in [1.807, 2.05) is 0 Å². The monoisotopic (exact) mass is 599 g/mol. The molecule has 13 nitrogen and oxygen atoms in total. The maximum absolute atomic E-state index is 15.1. The zero-order valence-corrected chi connectivity index (χ0v) is 24.2. The molecule has 0 radical (unpaired) electrons. The van der Waals surface area contributed by atoms with E-state index in [4.69, 9.17) is 40.6 Å². The molecule has 0 spiro atoms. The number of nitrogen functional groups attached to an aromatic ring is 1. The fraction of sp³-hybridized carbons (Fsp3) is 0.696. The van der Waals surface area contributed by atoms with Crippen LogP contribution in [0.25, 0.3) is 0 Å². The van der Waals surface area contributed by atoms with Gasteiger partial charge in [0, 0.05) is 17.4 Å². The molecule has 0 saturated carbocycles. The van der Waals surface area contributed by atoms with E-state index in [0.29, 0.717) is 0 Å². The van der Waals surface area contributed by atoms with E-state index in [2.05, 4.69) is 4.98 Å². The molecule has 222 valence electrons. The van der Waals surface area contributed by atoms with Crippen molar-refractivity contribution in [2.24, 2.45) is 10.8 Å². The molecule has 4 N–H and O–H groups in total. The van der Waals surface area contributed by atoms with Gasteiger partial charge >= 0.3 is 19.3 Å². The Labute approximate surface area is 230 Å². The van der Waals surface area contributed by atoms with Crippen molar-refractivity contribution in [2.45, 2.75) is 71.9 Å². The lowest BCUT2D eigenvalue weighted by Crippen LogP contribution is -2.42. The Hall–Kier alpha value is -1.90. The van der Waals surface area contributed by atoms with Gasteiger partial charge in [0.1, 0.15) is 17.5 Å². The first kappa shape index (κ1) is 33.3. The molecule has 0 amide bonds. The van der Waals surface area contributed by atoms with E-state index in [0.717, 1.165) is 22.7 Å². The number of esters is 1. The first-order valence-electron chi connectivity index (χ1n) is 11.8. The van der Waals surface area contributed by atoms with Crippen molar-refractivity contribution in [3.63, 3.8) is 0 Å². The number of alkyl halides is 2. The number of aromatic nitrogens is 2. The molecule has 1 aliphatic rings. The Morgan fingerprint density at radius 3 is 2.49 bits per heavy atom. The van der Waals surface area contributed by atoms with Crippen molar-refractivity contribution in [1.29, 1.82) is 0 Å². The summed E-state index contributed by atoms with van der Waals surface area (Å²) in [6.45, 7) is 8.35. The van der Waals surface area contributed by atoms with Crippen LogP contribution < -0.4 is 11.4 Å². The first-order chi connectivity index (χ1) is 17.8. The Kier molecular flexibility index (Phi) is 10.9. The largest absolute Gasteiger partial charge is 0.438 e. The van der Waals surface area contributed by atoms with E-state index < -0.39 is 79.9 Å². The summed E-state index contributed by atoms with van der Waals surface area (Å²) in [5.41, 5.74) is 0.962. The topological polar surface area (TPSA) is 182 Å². The van der Waals surface area contributed by atoms with Gasteiger partial charge in [-0.15, -0.1) is 11.6 Å². The zero-order valence-electron chi connectivity index (χ0n) is 22.6. The summed E-state index contributed by atoms with van der Waals surface area (Å²) < 4.78 is 55.6. The third-order valence-electron chi connectivity index (χ3n) is 5.52. The Bertz CT molecular complexity index is 1140. The van der Waals surface area contributed by atoms with Crippen LogP contribution in [-0.2, 0) is 32.6 Å². The number of ether oxygens (including phenoxy) is 3. The Morgan fingerprint density at radius 1 is 1.33 bits per heavy atom. The zero-order chi connectivity index (χ0) is 29.8. The van der Waals surface area contributed by atoms with Crippen LogP contribution in [0.3, 0.4) is 0 Å². The van der Waals surface area contributed by atoms with Crippen LogP contribution in [-0.4, -0.2) is 69.4 Å². The molecule has 2 rings (SSSR count). The smallest absolute Gasteiger partial charge is 0.358 e. The predicted octanol–water partition coefficient (Wildman–Crippen LogP) is 2.66. The maximum Gasteiger partial charge on any atom is 0.358 e. The summed E-state index contributed by atoms with van der Waals surface area (Å²) in [7, 11) is -4.36. The van der Waals surface area contributed by atoms with Gasteiger partial charge in [0.2, 0.25) is 6.79 Å². The number of anilines is 1. The summed E-state index contributed by atoms with van der Waals surface area (Å²) in [4.78, 5) is 27.8. The molecule has 1 saturated heterocycles. The van der Waals surface area contributed by atoms with Crippen molar-refractivity contribution in [2.75, 3.05) is 25.2 Å². The molecule has 1 aromatic heterocycles. The number of nitrogens with zero attached hydrogens (tertiary/aromatic N) is 2. The quantitative estimate of drug-likeness (QED) is 0.147. The minimum atomic E-state index is -4.36. The van der Waals surface area contributed by atoms with Gasteiger partial charge in [0.05, 0.1) is 11.3 Å². The number of aliphatic hydroxyl groups excluding tert-OH is 2. The number of hydrogen-bond donors (Lipinski definition) is 3. The van der Waals surface area contributed by atoms with E-state index >= 15 is 4.39 Å². The third kappa shape index (κ3) is 8.54. The number of hydrogen-bond acceptors (Lipinski definition) is 12. The van der Waals surface area contributed by atoms with Crippen LogP contribution in [0, 0.1) is 10.8 Å². The minimum absolute atomic E-state index is 0.102. The number of aliphatic hydroxyl groups is 2. The fourth-order valence-electron chi connectivity index (χ4n) is 3.04. The highest BCUT2D eigenvalue weighted by atomic mass is 35.5. The summed E-state index contributed by atoms with van der Waals surface area (Å²) >= 11 is 6.04. The third-order valence-corrected chi connectivity index (χ3v) is 7.39. The van der Waals surface area contributed by atoms with E-state index in [1.165, 1.54) is 6.07 Å². The second-order valence-corrected chi connectivity index (χ2v) is 13.1. The molecule has 0 aliphatic carbocycles. The summed E-state index contributed by atoms with van der Waals surface area (Å²) in [5, 5.41) is 20.7. The minimum Gasteiger partial charge on any atom is -0.438 e. The van der Waals surface area contributed by atoms with Gasteiger partial charge in [0.15, 0.2) is 25.5 Å². The van der Waals surface area contributed by atoms with Gasteiger partial charge in [-0.2, -0.15) is 4.98 Å². The SMILES string of the molecule is CC(C)(C)C(=O)OCOP(=O)(/C=C/[C@@]1(CCl)O[C@@H](n2ccc(N)nc2=O)[C@H](F)[C@@H]1O)OCOC(O)C(C)(C)C. The predicted molar refractivity (Wildman–Crippen MR) is 138 cm³/mol. The van der Waals surface area contributed by atoms with Gasteiger partial charge in [0.25, 0.3) is 0 Å². The lowest BCUT2D eigenvalue weighted by atomic mass is 9.96. The van der Waals surface area contributed by atoms with Gasteiger partial charge < -0.3 is 30.2 Å². The number of carbonyl (C=O) groups excluding carboxylic acids is 1. The van der Waals surface area contributed by atoms with Crippen molar-refractivity contribution >= 4 is 31.0 Å². The standard InChI is InChI=1S/C23H36ClFN3O10P/c1-21(2,3)18(30)34-12-36-39(33,37-13-35-19(31)22(4,5)6)10-8-23(11-24)16(29)15(25)17(38-23)28-9-7-14(26)27-20(28)32/h7-10,15-18,29-30H,11-13H2,1-6H3,(H2,26,27,32)/b10-8+/t15-,16+,17-,18?,23+,39?/m1/s1. The Balaban J connectivity index is 2.30. The van der Waals surface area contributed by atoms with Crippen LogP contribution in [0.5, 0.6) is 0 Å². The van der Waals surface area contributed by atoms with Gasteiger partial charge in [-0.25, -0.2) is 9.18 Å². The number of halogens is 2. The Morgan fingerprint density at radius 2 is 1.95 bits per heavy atom. The van der Waals surface area contributed by atoms with Gasteiger partial charge in [-0.05, 0) is 32.9 Å². The van der Waals surface area contributed by atoms with Crippen LogP contribution in [0.1, 0.15) is 47.8 Å². The van der Waals surface area contributed by atoms with Crippen molar-refractivity contribution in [1.82, 2.24) is 9.55 Å². The summed E-state index contributed by atoms with van der Waals surface area (Å²) in [5.74, 6) is -0.475. The number of rotatable bonds is 11. The average Bonchev–Trinajstić information content (AvgIpc) is 3.07. The lowest BCUT2D eigenvalue weighted by molar-refractivity contribution is -0.192. The van der Waals surface area contributed by atoms with Crippen molar-refractivity contribution in [3.8, 4) is 0 Å². The van der Waals surface area contributed by atoms with E-state index in [1.54, 1.807) is 41.5 Å². The van der Waals surface area contributed by atoms with Crippen molar-refractivity contribution < 1.29 is 47.2 Å². The normalized spacial score (nSPS) is 26.5. The number of carbonyl (C=O) groups is 1. The molecule has 1 aromatic rings. The van der Waals surface area contributed by atoms with E-state index in [9.17, 15) is 24.4 Å². The summed E-state index contributed by atoms with van der Waals surface area (Å²) in [6, 6.07) is 1.24. The molecule has 16 heteroatoms. The average molecular weight is 600 g/mol. The van der Waals surface area contributed by atoms with Gasteiger partial charge in [-0.1, -0.05) is 20.8 Å². The molecule has 39 heavy (non-hydrogen) atoms. The highest BCUT2D eigenvalue weighted by Crippen LogP contribution is 2.52. The highest BCUT2D eigenvalue weighted by Gasteiger charge is 2.55.